The second kappa shape index (κ2) is 10.0. The van der Waals surface area contributed by atoms with E-state index in [1.54, 1.807) is 6.07 Å². The van der Waals surface area contributed by atoms with E-state index in [4.69, 9.17) is 4.98 Å². The van der Waals surface area contributed by atoms with E-state index >= 15 is 0 Å². The normalized spacial score (nSPS) is 16.5. The van der Waals surface area contributed by atoms with Gasteiger partial charge in [-0.3, -0.25) is 4.90 Å². The van der Waals surface area contributed by atoms with Crippen LogP contribution in [0.1, 0.15) is 62.7 Å². The summed E-state index contributed by atoms with van der Waals surface area (Å²) in [4.78, 5) is 20.2. The molecule has 1 aromatic carbocycles. The molecule has 0 saturated heterocycles. The van der Waals surface area contributed by atoms with Crippen LogP contribution >= 0.6 is 0 Å². The summed E-state index contributed by atoms with van der Waals surface area (Å²) in [6.45, 7) is 8.96. The highest BCUT2D eigenvalue weighted by molar-refractivity contribution is 5.83. The van der Waals surface area contributed by atoms with Crippen molar-refractivity contribution < 1.29 is 8.78 Å². The summed E-state index contributed by atoms with van der Waals surface area (Å²) in [5.41, 5.74) is 3.57. The Morgan fingerprint density at radius 1 is 1.05 bits per heavy atom. The van der Waals surface area contributed by atoms with Crippen molar-refractivity contribution in [3.63, 3.8) is 0 Å². The number of nitrogens with one attached hydrogen (secondary N) is 1. The monoisotopic (exact) mass is 517 g/mol. The van der Waals surface area contributed by atoms with Crippen LogP contribution in [-0.4, -0.2) is 42.5 Å². The van der Waals surface area contributed by atoms with Gasteiger partial charge < -0.3 is 9.88 Å². The van der Waals surface area contributed by atoms with Crippen molar-refractivity contribution in [2.75, 3.05) is 18.4 Å². The molecule has 0 radical (unpaired) electrons. The summed E-state index contributed by atoms with van der Waals surface area (Å²) in [6, 6.07) is 7.12. The molecule has 0 spiro atoms. The number of imidazole rings is 1. The molecule has 1 N–H and O–H groups in total. The molecule has 1 aliphatic carbocycles. The number of halogens is 2. The molecule has 0 atom stereocenters. The molecule has 0 amide bonds. The van der Waals surface area contributed by atoms with Crippen LogP contribution in [-0.2, 0) is 13.0 Å². The Bertz CT molecular complexity index is 1490. The molecule has 7 nitrogen and oxygen atoms in total. The third kappa shape index (κ3) is 4.75. The fourth-order valence-corrected chi connectivity index (χ4v) is 6.06. The summed E-state index contributed by atoms with van der Waals surface area (Å²) in [6.07, 6.45) is 7.44. The lowest BCUT2D eigenvalue weighted by Crippen LogP contribution is -2.34. The second-order valence-corrected chi connectivity index (χ2v) is 10.9. The van der Waals surface area contributed by atoms with Crippen LogP contribution in [0.25, 0.3) is 22.3 Å². The second-order valence-electron chi connectivity index (χ2n) is 10.9. The molecule has 4 heterocycles. The molecule has 198 valence electrons. The predicted molar refractivity (Wildman–Crippen MR) is 144 cm³/mol. The maximum Gasteiger partial charge on any atom is 0.229 e. The van der Waals surface area contributed by atoms with Gasteiger partial charge in [0.25, 0.3) is 0 Å². The van der Waals surface area contributed by atoms with E-state index in [9.17, 15) is 8.78 Å². The van der Waals surface area contributed by atoms with Gasteiger partial charge in [0.1, 0.15) is 22.9 Å². The van der Waals surface area contributed by atoms with Gasteiger partial charge in [-0.15, -0.1) is 0 Å². The van der Waals surface area contributed by atoms with Crippen molar-refractivity contribution in [3.05, 3.63) is 59.2 Å². The maximum atomic E-state index is 15.0. The topological polar surface area (TPSA) is 71.8 Å². The zero-order chi connectivity index (χ0) is 26.4. The summed E-state index contributed by atoms with van der Waals surface area (Å²) in [5.74, 6) is 1.23. The number of hydrogen-bond donors (Lipinski definition) is 1. The van der Waals surface area contributed by atoms with Crippen LogP contribution in [0.4, 0.5) is 20.5 Å². The number of fused-ring (bicyclic) bond motifs is 2. The van der Waals surface area contributed by atoms with Crippen molar-refractivity contribution in [2.24, 2.45) is 5.92 Å². The number of benzene rings is 1. The van der Waals surface area contributed by atoms with E-state index in [1.165, 1.54) is 43.9 Å². The lowest BCUT2D eigenvalue weighted by atomic mass is 10.0. The van der Waals surface area contributed by atoms with Crippen LogP contribution in [0.5, 0.6) is 0 Å². The Hall–Kier alpha value is -3.46. The van der Waals surface area contributed by atoms with Crippen molar-refractivity contribution in [1.82, 2.24) is 29.4 Å². The Morgan fingerprint density at radius 3 is 2.66 bits per heavy atom. The highest BCUT2D eigenvalue weighted by Gasteiger charge is 2.23. The molecule has 4 aromatic rings. The summed E-state index contributed by atoms with van der Waals surface area (Å²) in [7, 11) is 0. The average molecular weight is 518 g/mol. The van der Waals surface area contributed by atoms with E-state index < -0.39 is 11.6 Å². The number of aryl methyl sites for hydroxylation is 1. The zero-order valence-electron chi connectivity index (χ0n) is 22.1. The van der Waals surface area contributed by atoms with Crippen molar-refractivity contribution in [3.8, 4) is 11.3 Å². The van der Waals surface area contributed by atoms with Crippen molar-refractivity contribution >= 4 is 22.8 Å². The quantitative estimate of drug-likeness (QED) is 0.321. The lowest BCUT2D eigenvalue weighted by Gasteiger charge is -2.30. The van der Waals surface area contributed by atoms with Gasteiger partial charge in [-0.05, 0) is 63.3 Å². The molecule has 9 heteroatoms. The van der Waals surface area contributed by atoms with E-state index in [1.807, 2.05) is 31.4 Å². The molecule has 1 saturated carbocycles. The highest BCUT2D eigenvalue weighted by atomic mass is 19.1. The Kier molecular flexibility index (Phi) is 6.55. The first-order chi connectivity index (χ1) is 18.4. The van der Waals surface area contributed by atoms with Gasteiger partial charge in [-0.25, -0.2) is 28.7 Å². The molecule has 2 aliphatic rings. The molecule has 0 bridgehead atoms. The zero-order valence-corrected chi connectivity index (χ0v) is 22.1. The fraction of sp³-hybridized carbons (Fsp3) is 0.448. The van der Waals surface area contributed by atoms with Gasteiger partial charge in [0.15, 0.2) is 11.6 Å². The number of rotatable bonds is 6. The number of aromatic nitrogens is 5. The van der Waals surface area contributed by atoms with Gasteiger partial charge in [0.05, 0.1) is 11.7 Å². The van der Waals surface area contributed by atoms with Gasteiger partial charge in [0, 0.05) is 43.4 Å². The minimum absolute atomic E-state index is 0.0259. The minimum atomic E-state index is -0.623. The minimum Gasteiger partial charge on any atom is -0.326 e. The number of nitrogens with zero attached hydrogens (tertiary/aromatic N) is 6. The van der Waals surface area contributed by atoms with Gasteiger partial charge >= 0.3 is 0 Å². The van der Waals surface area contributed by atoms with Gasteiger partial charge in [-0.2, -0.15) is 0 Å². The number of pyridine rings is 1. The Balaban J connectivity index is 1.24. The SMILES string of the molecule is Cc1nc2c(F)cc(-c3nc(Nc4ccc5c(n4)CCN(CC4CCCC4)C5)ncc3F)cc2n1C(C)C. The molecule has 6 rings (SSSR count). The fourth-order valence-electron chi connectivity index (χ4n) is 6.06. The first-order valence-electron chi connectivity index (χ1n) is 13.5. The van der Waals surface area contributed by atoms with Gasteiger partial charge in [-0.1, -0.05) is 18.9 Å². The van der Waals surface area contributed by atoms with Crippen LogP contribution in [0.3, 0.4) is 0 Å². The Morgan fingerprint density at radius 2 is 1.87 bits per heavy atom. The predicted octanol–water partition coefficient (Wildman–Crippen LogP) is 6.35. The van der Waals surface area contributed by atoms with E-state index in [2.05, 4.69) is 31.2 Å². The van der Waals surface area contributed by atoms with E-state index in [0.717, 1.165) is 37.3 Å². The average Bonchev–Trinajstić information content (AvgIpc) is 3.52. The Labute approximate surface area is 221 Å². The third-order valence-corrected chi connectivity index (χ3v) is 7.82. The van der Waals surface area contributed by atoms with Gasteiger partial charge in [0.2, 0.25) is 5.95 Å². The standard InChI is InChI=1S/C29H33F2N7/c1-17(2)38-18(3)33-28-22(30)12-21(13-25(28)38)27-23(31)14-32-29(36-27)35-26-9-8-20-16-37(11-10-24(20)34-26)15-19-6-4-5-7-19/h8-9,12-14,17,19H,4-7,10-11,15-16H2,1-3H3,(H,32,34,35,36). The number of hydrogen-bond acceptors (Lipinski definition) is 6. The summed E-state index contributed by atoms with van der Waals surface area (Å²) in [5, 5.41) is 3.12. The molecular weight excluding hydrogens is 484 g/mol. The lowest BCUT2D eigenvalue weighted by molar-refractivity contribution is 0.213. The summed E-state index contributed by atoms with van der Waals surface area (Å²) >= 11 is 0. The molecule has 1 aliphatic heterocycles. The van der Waals surface area contributed by atoms with Crippen LogP contribution in [0.15, 0.2) is 30.5 Å². The van der Waals surface area contributed by atoms with Crippen LogP contribution in [0.2, 0.25) is 0 Å². The third-order valence-electron chi connectivity index (χ3n) is 7.82. The smallest absolute Gasteiger partial charge is 0.229 e. The van der Waals surface area contributed by atoms with Crippen LogP contribution < -0.4 is 5.32 Å². The summed E-state index contributed by atoms with van der Waals surface area (Å²) < 4.78 is 31.8. The molecular formula is C29H33F2N7. The van der Waals surface area contributed by atoms with Crippen molar-refractivity contribution in [2.45, 2.75) is 65.5 Å². The van der Waals surface area contributed by atoms with Crippen LogP contribution in [0, 0.1) is 24.5 Å². The van der Waals surface area contributed by atoms with E-state index in [0.29, 0.717) is 22.7 Å². The molecule has 38 heavy (non-hydrogen) atoms. The number of anilines is 2. The largest absolute Gasteiger partial charge is 0.326 e. The molecule has 0 unspecified atom stereocenters. The highest BCUT2D eigenvalue weighted by Crippen LogP contribution is 2.31. The van der Waals surface area contributed by atoms with Crippen molar-refractivity contribution in [1.29, 1.82) is 0 Å². The first kappa shape index (κ1) is 24.9. The first-order valence-corrected chi connectivity index (χ1v) is 13.5. The maximum absolute atomic E-state index is 15.0. The molecule has 3 aromatic heterocycles. The molecule has 1 fully saturated rings. The van der Waals surface area contributed by atoms with E-state index in [-0.39, 0.29) is 23.2 Å².